The molecule has 1 rings (SSSR count). The zero-order valence-corrected chi connectivity index (χ0v) is 10.9. The van der Waals surface area contributed by atoms with Crippen LogP contribution in [0.25, 0.3) is 0 Å². The van der Waals surface area contributed by atoms with E-state index in [2.05, 4.69) is 29.9 Å². The molecule has 0 saturated carbocycles. The van der Waals surface area contributed by atoms with Crippen LogP contribution in [0.15, 0.2) is 30.3 Å². The summed E-state index contributed by atoms with van der Waals surface area (Å²) in [4.78, 5) is 0. The van der Waals surface area contributed by atoms with Crippen molar-refractivity contribution < 1.29 is 17.1 Å². The number of benzene rings is 1. The molecule has 0 spiro atoms. The minimum absolute atomic E-state index is 0. The SMILES string of the molecule is [CH2-]CCC.[Cu+].[Li].[Se]c1ccccc1. The second-order valence-electron chi connectivity index (χ2n) is 2.17. The third kappa shape index (κ3) is 15.6. The molecule has 0 N–H and O–H groups in total. The van der Waals surface area contributed by atoms with E-state index in [-0.39, 0.29) is 35.9 Å². The Kier molecular flexibility index (Phi) is 22.9. The molecule has 2 radical (unpaired) electrons. The molecule has 0 saturated heterocycles. The molecule has 0 aliphatic rings. The maximum absolute atomic E-state index is 3.60. The Morgan fingerprint density at radius 3 is 1.77 bits per heavy atom. The van der Waals surface area contributed by atoms with E-state index in [1.807, 2.05) is 30.3 Å². The van der Waals surface area contributed by atoms with Gasteiger partial charge >= 0.3 is 67.9 Å². The van der Waals surface area contributed by atoms with Gasteiger partial charge < -0.3 is 6.92 Å². The maximum atomic E-state index is 3.60. The van der Waals surface area contributed by atoms with E-state index in [1.165, 1.54) is 10.9 Å². The summed E-state index contributed by atoms with van der Waals surface area (Å²) in [5.74, 6) is 0. The van der Waals surface area contributed by atoms with Crippen molar-refractivity contribution in [1.82, 2.24) is 0 Å². The summed E-state index contributed by atoms with van der Waals surface area (Å²) >= 11 is 2.90. The molecule has 0 aromatic heterocycles. The molecule has 0 atom stereocenters. The Bertz CT molecular complexity index is 166. The predicted octanol–water partition coefficient (Wildman–Crippen LogP) is 1.72. The van der Waals surface area contributed by atoms with Gasteiger partial charge in [-0.3, -0.25) is 0 Å². The number of rotatable bonds is 1. The molecule has 0 nitrogen and oxygen atoms in total. The summed E-state index contributed by atoms with van der Waals surface area (Å²) in [5, 5.41) is 0. The summed E-state index contributed by atoms with van der Waals surface area (Å²) in [6, 6.07) is 10.1. The quantitative estimate of drug-likeness (QED) is 0.544. The summed E-state index contributed by atoms with van der Waals surface area (Å²) in [6.45, 7) is 5.72. The Morgan fingerprint density at radius 1 is 1.23 bits per heavy atom. The molecule has 72 valence electrons. The molecule has 0 amide bonds. The van der Waals surface area contributed by atoms with Crippen molar-refractivity contribution in [2.45, 2.75) is 19.8 Å². The van der Waals surface area contributed by atoms with Gasteiger partial charge in [0.15, 0.2) is 0 Å². The van der Waals surface area contributed by atoms with Gasteiger partial charge in [0, 0.05) is 18.9 Å². The fourth-order valence-electron chi connectivity index (χ4n) is 0.420. The van der Waals surface area contributed by atoms with Crippen molar-refractivity contribution in [3.8, 4) is 0 Å². The third-order valence-electron chi connectivity index (χ3n) is 1.10. The van der Waals surface area contributed by atoms with Crippen molar-refractivity contribution in [1.29, 1.82) is 0 Å². The molecule has 13 heavy (non-hydrogen) atoms. The fraction of sp³-hybridized carbons (Fsp3) is 0.300. The molecule has 3 heteroatoms. The summed E-state index contributed by atoms with van der Waals surface area (Å²) in [6.07, 6.45) is 2.28. The van der Waals surface area contributed by atoms with Crippen LogP contribution in [0.1, 0.15) is 19.8 Å². The molecular formula is C10H14CuLiSe. The van der Waals surface area contributed by atoms with Gasteiger partial charge in [-0.25, -0.2) is 0 Å². The summed E-state index contributed by atoms with van der Waals surface area (Å²) < 4.78 is 1.20. The van der Waals surface area contributed by atoms with Crippen molar-refractivity contribution in [3.05, 3.63) is 37.3 Å². The van der Waals surface area contributed by atoms with Crippen molar-refractivity contribution in [3.63, 3.8) is 0 Å². The summed E-state index contributed by atoms with van der Waals surface area (Å²) in [5.41, 5.74) is 0. The van der Waals surface area contributed by atoms with Crippen LogP contribution in [0, 0.1) is 6.92 Å². The fourth-order valence-corrected chi connectivity index (χ4v) is 0.750. The first-order valence-corrected chi connectivity index (χ1v) is 4.68. The van der Waals surface area contributed by atoms with Gasteiger partial charge in [-0.2, -0.15) is 6.42 Å². The Hall–Kier alpha value is 0.856. The molecule has 0 heterocycles. The van der Waals surface area contributed by atoms with E-state index >= 15 is 0 Å². The van der Waals surface area contributed by atoms with Crippen LogP contribution >= 0.6 is 0 Å². The van der Waals surface area contributed by atoms with Crippen molar-refractivity contribution in [2.75, 3.05) is 0 Å². The first-order valence-electron chi connectivity index (χ1n) is 3.82. The van der Waals surface area contributed by atoms with Gasteiger partial charge in [-0.1, -0.05) is 13.3 Å². The van der Waals surface area contributed by atoms with Gasteiger partial charge in [0.1, 0.15) is 0 Å². The van der Waals surface area contributed by atoms with Crippen LogP contribution in [0.4, 0.5) is 0 Å². The first-order chi connectivity index (χ1) is 5.31. The molecule has 0 aliphatic heterocycles. The molecule has 0 fully saturated rings. The average molecular weight is 284 g/mol. The van der Waals surface area contributed by atoms with Crippen molar-refractivity contribution >= 4 is 39.3 Å². The number of unbranched alkanes of at least 4 members (excludes halogenated alkanes) is 1. The summed E-state index contributed by atoms with van der Waals surface area (Å²) in [7, 11) is 0. The van der Waals surface area contributed by atoms with E-state index in [0.29, 0.717) is 0 Å². The van der Waals surface area contributed by atoms with Gasteiger partial charge in [0.05, 0.1) is 0 Å². The van der Waals surface area contributed by atoms with E-state index in [1.54, 1.807) is 0 Å². The van der Waals surface area contributed by atoms with Crippen LogP contribution in [-0.4, -0.2) is 34.9 Å². The topological polar surface area (TPSA) is 0 Å². The van der Waals surface area contributed by atoms with E-state index in [4.69, 9.17) is 0 Å². The molecule has 0 bridgehead atoms. The molecule has 0 aliphatic carbocycles. The van der Waals surface area contributed by atoms with Crippen LogP contribution in [0.3, 0.4) is 0 Å². The molecule has 1 aromatic rings. The zero-order valence-electron chi connectivity index (χ0n) is 8.22. The van der Waals surface area contributed by atoms with Crippen LogP contribution < -0.4 is 4.46 Å². The standard InChI is InChI=1S/C6H5Se.C4H9.Cu.Li/c7-6-4-2-1-3-5-6;1-3-4-2;;/h1-5H;1,3-4H2,2H3;;/q;-1;+1;. The van der Waals surface area contributed by atoms with E-state index < -0.39 is 0 Å². The van der Waals surface area contributed by atoms with Crippen LogP contribution in [0.5, 0.6) is 0 Å². The third-order valence-corrected chi connectivity index (χ3v) is 1.67. The number of hydrogen-bond donors (Lipinski definition) is 0. The second-order valence-corrected chi connectivity index (χ2v) is 3.16. The van der Waals surface area contributed by atoms with Gasteiger partial charge in [0.25, 0.3) is 0 Å². The van der Waals surface area contributed by atoms with E-state index in [0.717, 1.165) is 6.42 Å². The van der Waals surface area contributed by atoms with Gasteiger partial charge in [-0.05, 0) is 0 Å². The zero-order chi connectivity index (χ0) is 8.53. The second kappa shape index (κ2) is 15.3. The molecule has 0 unspecified atom stereocenters. The average Bonchev–Trinajstić information content (AvgIpc) is 2.07. The Labute approximate surface area is 113 Å². The molecule has 1 aromatic carbocycles. The van der Waals surface area contributed by atoms with Crippen LogP contribution in [-0.2, 0) is 17.1 Å². The van der Waals surface area contributed by atoms with Gasteiger partial charge in [-0.15, -0.1) is 0 Å². The van der Waals surface area contributed by atoms with Crippen LogP contribution in [0.2, 0.25) is 0 Å². The first kappa shape index (κ1) is 19.4. The van der Waals surface area contributed by atoms with Crippen molar-refractivity contribution in [2.24, 2.45) is 0 Å². The Morgan fingerprint density at radius 2 is 1.62 bits per heavy atom. The van der Waals surface area contributed by atoms with E-state index in [9.17, 15) is 0 Å². The Balaban J connectivity index is -0.000000150. The predicted molar refractivity (Wildman–Crippen MR) is 57.8 cm³/mol. The monoisotopic (exact) mass is 284 g/mol. The normalized spacial score (nSPS) is 6.92. The number of hydrogen-bond acceptors (Lipinski definition) is 0. The minimum atomic E-state index is 0. The molecular weight excluding hydrogens is 270 g/mol. The van der Waals surface area contributed by atoms with Gasteiger partial charge in [0.2, 0.25) is 0 Å².